The minimum absolute atomic E-state index is 0.115. The van der Waals surface area contributed by atoms with Crippen molar-refractivity contribution in [2.45, 2.75) is 4.90 Å². The number of hydrogen-bond acceptors (Lipinski definition) is 7. The molecule has 3 aromatic rings. The van der Waals surface area contributed by atoms with Crippen LogP contribution in [0.5, 0.6) is 0 Å². The Labute approximate surface area is 133 Å². The first-order valence-corrected chi connectivity index (χ1v) is 8.28. The second-order valence-electron chi connectivity index (χ2n) is 4.42. The molecule has 0 saturated heterocycles. The largest absolute Gasteiger partial charge is 0.306 e. The Bertz CT molecular complexity index is 1020. The lowest BCUT2D eigenvalue weighted by molar-refractivity contribution is -0.387. The molecule has 11 heteroatoms. The number of fused-ring (bicyclic) bond motifs is 1. The molecule has 2 aromatic carbocycles. The molecule has 8 nitrogen and oxygen atoms in total. The molecule has 0 saturated carbocycles. The van der Waals surface area contributed by atoms with Gasteiger partial charge in [-0.2, -0.15) is 13.1 Å². The van der Waals surface area contributed by atoms with Gasteiger partial charge in [-0.3, -0.25) is 14.8 Å². The fraction of sp³-hybridized carbons (Fsp3) is 0. The van der Waals surface area contributed by atoms with Crippen molar-refractivity contribution in [3.05, 3.63) is 52.3 Å². The monoisotopic (exact) mass is 354 g/mol. The van der Waals surface area contributed by atoms with Gasteiger partial charge in [0, 0.05) is 6.07 Å². The van der Waals surface area contributed by atoms with Crippen molar-refractivity contribution in [2.24, 2.45) is 0 Å². The van der Waals surface area contributed by atoms with Crippen molar-refractivity contribution in [1.82, 2.24) is 8.75 Å². The highest BCUT2D eigenvalue weighted by Gasteiger charge is 2.22. The predicted molar refractivity (Wildman–Crippen MR) is 81.3 cm³/mol. The number of anilines is 1. The van der Waals surface area contributed by atoms with Gasteiger partial charge < -0.3 is 0 Å². The number of nitrogens with zero attached hydrogens (tertiary/aromatic N) is 3. The standard InChI is InChI=1S/C12H7FN4O4S2/c13-8-5-4-7(6-10(8)17(18)19)16-23(20,21)11-3-1-2-9-12(11)15-22-14-9/h1-6,16H. The maximum absolute atomic E-state index is 13.3. The zero-order valence-corrected chi connectivity index (χ0v) is 12.8. The lowest BCUT2D eigenvalue weighted by Crippen LogP contribution is -2.13. The SMILES string of the molecule is O=[N+]([O-])c1cc(NS(=O)(=O)c2cccc3nsnc23)ccc1F. The first kappa shape index (κ1) is 15.2. The summed E-state index contributed by atoms with van der Waals surface area (Å²) in [5, 5.41) is 10.7. The van der Waals surface area contributed by atoms with Gasteiger partial charge in [-0.05, 0) is 24.3 Å². The van der Waals surface area contributed by atoms with Gasteiger partial charge in [0.15, 0.2) is 0 Å². The normalized spacial score (nSPS) is 11.5. The van der Waals surface area contributed by atoms with Gasteiger partial charge in [0.1, 0.15) is 15.9 Å². The summed E-state index contributed by atoms with van der Waals surface area (Å²) in [7, 11) is -4.06. The smallest absolute Gasteiger partial charge is 0.279 e. The molecule has 0 atom stereocenters. The average molecular weight is 354 g/mol. The molecule has 0 bridgehead atoms. The van der Waals surface area contributed by atoms with E-state index in [1.54, 1.807) is 6.07 Å². The number of hydrogen-bond donors (Lipinski definition) is 1. The van der Waals surface area contributed by atoms with E-state index < -0.39 is 26.5 Å². The van der Waals surface area contributed by atoms with Crippen LogP contribution in [0.15, 0.2) is 41.3 Å². The molecule has 1 heterocycles. The zero-order valence-electron chi connectivity index (χ0n) is 11.1. The molecular weight excluding hydrogens is 347 g/mol. The van der Waals surface area contributed by atoms with E-state index in [0.29, 0.717) is 5.52 Å². The number of sulfonamides is 1. The van der Waals surface area contributed by atoms with Crippen LogP contribution in [0, 0.1) is 15.9 Å². The molecule has 0 aliphatic carbocycles. The maximum Gasteiger partial charge on any atom is 0.306 e. The summed E-state index contributed by atoms with van der Waals surface area (Å²) in [5.74, 6) is -1.05. The third-order valence-electron chi connectivity index (χ3n) is 2.93. The first-order chi connectivity index (χ1) is 10.9. The Morgan fingerprint density at radius 3 is 2.74 bits per heavy atom. The molecule has 1 aromatic heterocycles. The minimum atomic E-state index is -4.06. The Morgan fingerprint density at radius 2 is 2.00 bits per heavy atom. The van der Waals surface area contributed by atoms with Crippen molar-refractivity contribution in [2.75, 3.05) is 4.72 Å². The summed E-state index contributed by atoms with van der Waals surface area (Å²) >= 11 is 0.867. The van der Waals surface area contributed by atoms with Crippen molar-refractivity contribution in [1.29, 1.82) is 0 Å². The molecule has 0 aliphatic heterocycles. The van der Waals surface area contributed by atoms with Gasteiger partial charge in [0.2, 0.25) is 5.82 Å². The topological polar surface area (TPSA) is 115 Å². The molecule has 0 radical (unpaired) electrons. The Morgan fingerprint density at radius 1 is 1.22 bits per heavy atom. The number of nitro benzene ring substituents is 1. The van der Waals surface area contributed by atoms with E-state index in [1.807, 2.05) is 0 Å². The average Bonchev–Trinajstić information content (AvgIpc) is 2.96. The fourth-order valence-electron chi connectivity index (χ4n) is 1.92. The van der Waals surface area contributed by atoms with Gasteiger partial charge in [-0.15, -0.1) is 0 Å². The van der Waals surface area contributed by atoms with E-state index in [0.717, 1.165) is 29.9 Å². The number of aromatic nitrogens is 2. The second kappa shape index (κ2) is 5.52. The van der Waals surface area contributed by atoms with Gasteiger partial charge >= 0.3 is 5.69 Å². The molecule has 0 fully saturated rings. The summed E-state index contributed by atoms with van der Waals surface area (Å²) < 4.78 is 48.2. The third-order valence-corrected chi connectivity index (χ3v) is 4.89. The van der Waals surface area contributed by atoms with E-state index >= 15 is 0 Å². The van der Waals surface area contributed by atoms with Crippen LogP contribution in [0.3, 0.4) is 0 Å². The molecule has 0 spiro atoms. The lowest BCUT2D eigenvalue weighted by Gasteiger charge is -2.08. The summed E-state index contributed by atoms with van der Waals surface area (Å²) in [6, 6.07) is 7.18. The third kappa shape index (κ3) is 2.83. The van der Waals surface area contributed by atoms with Crippen molar-refractivity contribution in [3.8, 4) is 0 Å². The summed E-state index contributed by atoms with van der Waals surface area (Å²) in [6.07, 6.45) is 0. The second-order valence-corrected chi connectivity index (χ2v) is 6.60. The quantitative estimate of drug-likeness (QED) is 0.569. The highest BCUT2D eigenvalue weighted by Crippen LogP contribution is 2.26. The van der Waals surface area contributed by atoms with Crippen molar-refractivity contribution in [3.63, 3.8) is 0 Å². The highest BCUT2D eigenvalue weighted by molar-refractivity contribution is 7.93. The number of nitro groups is 1. The van der Waals surface area contributed by atoms with Crippen LogP contribution in [0.1, 0.15) is 0 Å². The molecule has 0 aliphatic rings. The summed E-state index contributed by atoms with van der Waals surface area (Å²) in [5.41, 5.74) is -0.332. The molecule has 0 amide bonds. The van der Waals surface area contributed by atoms with Gasteiger partial charge in [0.05, 0.1) is 22.3 Å². The Kier molecular flexibility index (Phi) is 3.66. The number of benzene rings is 2. The van der Waals surface area contributed by atoms with E-state index in [-0.39, 0.29) is 16.1 Å². The van der Waals surface area contributed by atoms with E-state index in [9.17, 15) is 22.9 Å². The van der Waals surface area contributed by atoms with E-state index in [2.05, 4.69) is 13.5 Å². The Hall–Kier alpha value is -2.66. The molecule has 118 valence electrons. The van der Waals surface area contributed by atoms with Gasteiger partial charge in [0.25, 0.3) is 10.0 Å². The van der Waals surface area contributed by atoms with Crippen molar-refractivity contribution < 1.29 is 17.7 Å². The van der Waals surface area contributed by atoms with Gasteiger partial charge in [-0.25, -0.2) is 8.42 Å². The lowest BCUT2D eigenvalue weighted by atomic mass is 10.3. The number of halogens is 1. The van der Waals surface area contributed by atoms with Crippen LogP contribution in [-0.2, 0) is 10.0 Å². The van der Waals surface area contributed by atoms with Crippen LogP contribution >= 0.6 is 11.7 Å². The fourth-order valence-corrected chi connectivity index (χ4v) is 3.74. The minimum Gasteiger partial charge on any atom is -0.279 e. The number of nitrogens with one attached hydrogen (secondary N) is 1. The summed E-state index contributed by atoms with van der Waals surface area (Å²) in [4.78, 5) is 9.67. The molecule has 0 unspecified atom stereocenters. The molecule has 3 rings (SSSR count). The van der Waals surface area contributed by atoms with Crippen LogP contribution in [0.2, 0.25) is 0 Å². The Balaban J connectivity index is 2.04. The molecule has 1 N–H and O–H groups in total. The maximum atomic E-state index is 13.3. The molecule has 23 heavy (non-hydrogen) atoms. The molecular formula is C12H7FN4O4S2. The van der Waals surface area contributed by atoms with Crippen molar-refractivity contribution >= 4 is 44.2 Å². The van der Waals surface area contributed by atoms with Crippen LogP contribution in [0.4, 0.5) is 15.8 Å². The van der Waals surface area contributed by atoms with Crippen LogP contribution in [0.25, 0.3) is 11.0 Å². The van der Waals surface area contributed by atoms with Crippen LogP contribution < -0.4 is 4.72 Å². The highest BCUT2D eigenvalue weighted by atomic mass is 32.2. The first-order valence-electron chi connectivity index (χ1n) is 6.06. The predicted octanol–water partition coefficient (Wildman–Crippen LogP) is 2.54. The number of rotatable bonds is 4. The van der Waals surface area contributed by atoms with Crippen LogP contribution in [-0.4, -0.2) is 22.1 Å². The van der Waals surface area contributed by atoms with E-state index in [4.69, 9.17) is 0 Å². The van der Waals surface area contributed by atoms with E-state index in [1.165, 1.54) is 12.1 Å². The zero-order chi connectivity index (χ0) is 16.6. The summed E-state index contributed by atoms with van der Waals surface area (Å²) in [6.45, 7) is 0. The van der Waals surface area contributed by atoms with Gasteiger partial charge in [-0.1, -0.05) is 6.07 Å².